The quantitative estimate of drug-likeness (QED) is 0.778. The molecule has 2 unspecified atom stereocenters. The number of esters is 1. The SMILES string of the molecule is O=C(NC1CC(CO)OC1=O)OCc1ccccc1. The Balaban J connectivity index is 1.77. The van der Waals surface area contributed by atoms with Crippen LogP contribution in [0.15, 0.2) is 30.3 Å². The maximum Gasteiger partial charge on any atom is 0.408 e. The molecule has 2 atom stereocenters. The summed E-state index contributed by atoms with van der Waals surface area (Å²) in [6.45, 7) is -0.110. The molecule has 1 saturated heterocycles. The summed E-state index contributed by atoms with van der Waals surface area (Å²) in [4.78, 5) is 22.9. The fourth-order valence-electron chi connectivity index (χ4n) is 1.79. The summed E-state index contributed by atoms with van der Waals surface area (Å²) in [5, 5.41) is 11.3. The number of rotatable bonds is 4. The van der Waals surface area contributed by atoms with E-state index in [0.717, 1.165) is 5.56 Å². The third-order valence-electron chi connectivity index (χ3n) is 2.77. The summed E-state index contributed by atoms with van der Waals surface area (Å²) >= 11 is 0. The number of ether oxygens (including phenoxy) is 2. The Kier molecular flexibility index (Phi) is 4.35. The fourth-order valence-corrected chi connectivity index (χ4v) is 1.79. The molecule has 6 heteroatoms. The van der Waals surface area contributed by atoms with Gasteiger partial charge < -0.3 is 19.9 Å². The Morgan fingerprint density at radius 3 is 2.79 bits per heavy atom. The van der Waals surface area contributed by atoms with Crippen molar-refractivity contribution < 1.29 is 24.2 Å². The van der Waals surface area contributed by atoms with E-state index in [1.807, 2.05) is 30.3 Å². The van der Waals surface area contributed by atoms with Gasteiger partial charge >= 0.3 is 12.1 Å². The molecule has 6 nitrogen and oxygen atoms in total. The Bertz CT molecular complexity index is 448. The lowest BCUT2D eigenvalue weighted by Gasteiger charge is -2.09. The highest BCUT2D eigenvalue weighted by atomic mass is 16.6. The molecule has 0 bridgehead atoms. The first kappa shape index (κ1) is 13.4. The number of carbonyl (C=O) groups is 2. The van der Waals surface area contributed by atoms with Crippen LogP contribution in [0.5, 0.6) is 0 Å². The Hall–Kier alpha value is -2.08. The first-order valence-corrected chi connectivity index (χ1v) is 5.97. The van der Waals surface area contributed by atoms with Gasteiger partial charge in [-0.1, -0.05) is 30.3 Å². The second kappa shape index (κ2) is 6.19. The van der Waals surface area contributed by atoms with E-state index < -0.39 is 24.2 Å². The van der Waals surface area contributed by atoms with Crippen molar-refractivity contribution >= 4 is 12.1 Å². The summed E-state index contributed by atoms with van der Waals surface area (Å²) in [7, 11) is 0. The predicted molar refractivity (Wildman–Crippen MR) is 65.1 cm³/mol. The molecule has 1 heterocycles. The molecule has 0 aromatic heterocycles. The van der Waals surface area contributed by atoms with E-state index in [9.17, 15) is 9.59 Å². The number of hydrogen-bond donors (Lipinski definition) is 2. The number of aliphatic hydroxyl groups is 1. The Morgan fingerprint density at radius 2 is 2.16 bits per heavy atom. The van der Waals surface area contributed by atoms with Gasteiger partial charge in [-0.25, -0.2) is 9.59 Å². The van der Waals surface area contributed by atoms with Crippen molar-refractivity contribution in [2.45, 2.75) is 25.2 Å². The van der Waals surface area contributed by atoms with Crippen LogP contribution in [0.25, 0.3) is 0 Å². The van der Waals surface area contributed by atoms with E-state index in [0.29, 0.717) is 0 Å². The lowest BCUT2D eigenvalue weighted by Crippen LogP contribution is -2.38. The molecule has 0 saturated carbocycles. The van der Waals surface area contributed by atoms with Crippen LogP contribution < -0.4 is 5.32 Å². The van der Waals surface area contributed by atoms with Crippen LogP contribution in [0.1, 0.15) is 12.0 Å². The van der Waals surface area contributed by atoms with Crippen LogP contribution in [0, 0.1) is 0 Å². The molecular weight excluding hydrogens is 250 g/mol. The maximum absolute atomic E-state index is 11.5. The molecule has 1 aromatic carbocycles. The summed E-state index contributed by atoms with van der Waals surface area (Å²) < 4.78 is 9.81. The molecule has 0 aliphatic carbocycles. The second-order valence-corrected chi connectivity index (χ2v) is 4.24. The van der Waals surface area contributed by atoms with Crippen LogP contribution in [0.3, 0.4) is 0 Å². The monoisotopic (exact) mass is 265 g/mol. The standard InChI is InChI=1S/C13H15NO5/c15-7-10-6-11(12(16)19-10)14-13(17)18-8-9-4-2-1-3-5-9/h1-5,10-11,15H,6-8H2,(H,14,17). The minimum atomic E-state index is -0.750. The number of benzene rings is 1. The number of cyclic esters (lactones) is 1. The topological polar surface area (TPSA) is 84.9 Å². The summed E-state index contributed by atoms with van der Waals surface area (Å²) in [6, 6.07) is 8.47. The van der Waals surface area contributed by atoms with Crippen LogP contribution in [0.2, 0.25) is 0 Å². The van der Waals surface area contributed by atoms with Gasteiger partial charge in [-0.2, -0.15) is 0 Å². The first-order chi connectivity index (χ1) is 9.19. The van der Waals surface area contributed by atoms with Crippen molar-refractivity contribution in [3.05, 3.63) is 35.9 Å². The van der Waals surface area contributed by atoms with Gasteiger partial charge in [0, 0.05) is 6.42 Å². The van der Waals surface area contributed by atoms with E-state index >= 15 is 0 Å². The van der Waals surface area contributed by atoms with Gasteiger partial charge in [0.15, 0.2) is 0 Å². The van der Waals surface area contributed by atoms with E-state index in [1.165, 1.54) is 0 Å². The van der Waals surface area contributed by atoms with Crippen LogP contribution in [0.4, 0.5) is 4.79 Å². The number of carbonyl (C=O) groups excluding carboxylic acids is 2. The zero-order chi connectivity index (χ0) is 13.7. The molecule has 0 radical (unpaired) electrons. The number of aliphatic hydroxyl groups excluding tert-OH is 1. The van der Waals surface area contributed by atoms with Gasteiger partial charge in [-0.15, -0.1) is 0 Å². The Labute approximate surface area is 110 Å². The molecule has 1 aromatic rings. The lowest BCUT2D eigenvalue weighted by atomic mass is 10.2. The first-order valence-electron chi connectivity index (χ1n) is 5.97. The largest absolute Gasteiger partial charge is 0.458 e. The minimum absolute atomic E-state index is 0.137. The number of amides is 1. The highest BCUT2D eigenvalue weighted by Crippen LogP contribution is 2.14. The fraction of sp³-hybridized carbons (Fsp3) is 0.385. The minimum Gasteiger partial charge on any atom is -0.458 e. The third kappa shape index (κ3) is 3.69. The molecular formula is C13H15NO5. The van der Waals surface area contributed by atoms with Crippen molar-refractivity contribution in [2.24, 2.45) is 0 Å². The van der Waals surface area contributed by atoms with E-state index in [2.05, 4.69) is 5.32 Å². The number of alkyl carbamates (subject to hydrolysis) is 1. The van der Waals surface area contributed by atoms with Crippen molar-refractivity contribution in [3.8, 4) is 0 Å². The summed E-state index contributed by atoms with van der Waals surface area (Å²) in [6.07, 6.45) is -0.966. The van der Waals surface area contributed by atoms with Gasteiger partial charge in [0.2, 0.25) is 0 Å². The molecule has 1 aliphatic heterocycles. The Morgan fingerprint density at radius 1 is 1.42 bits per heavy atom. The molecule has 1 fully saturated rings. The van der Waals surface area contributed by atoms with Gasteiger partial charge in [0.1, 0.15) is 18.8 Å². The predicted octanol–water partition coefficient (Wildman–Crippen LogP) is 0.589. The molecule has 0 spiro atoms. The van der Waals surface area contributed by atoms with Crippen LogP contribution in [-0.2, 0) is 20.9 Å². The molecule has 2 rings (SSSR count). The van der Waals surface area contributed by atoms with E-state index in [1.54, 1.807) is 0 Å². The van der Waals surface area contributed by atoms with E-state index in [4.69, 9.17) is 14.6 Å². The number of hydrogen-bond acceptors (Lipinski definition) is 5. The summed E-state index contributed by atoms with van der Waals surface area (Å²) in [5.41, 5.74) is 0.861. The second-order valence-electron chi connectivity index (χ2n) is 4.24. The maximum atomic E-state index is 11.5. The highest BCUT2D eigenvalue weighted by Gasteiger charge is 2.35. The highest BCUT2D eigenvalue weighted by molar-refractivity contribution is 5.82. The van der Waals surface area contributed by atoms with Crippen molar-refractivity contribution in [1.82, 2.24) is 5.32 Å². The smallest absolute Gasteiger partial charge is 0.408 e. The van der Waals surface area contributed by atoms with Crippen molar-refractivity contribution in [2.75, 3.05) is 6.61 Å². The zero-order valence-electron chi connectivity index (χ0n) is 10.2. The molecule has 2 N–H and O–H groups in total. The third-order valence-corrected chi connectivity index (χ3v) is 2.77. The van der Waals surface area contributed by atoms with Crippen LogP contribution >= 0.6 is 0 Å². The number of nitrogens with one attached hydrogen (secondary N) is 1. The molecule has 1 amide bonds. The molecule has 102 valence electrons. The van der Waals surface area contributed by atoms with Gasteiger partial charge in [-0.3, -0.25) is 0 Å². The molecule has 1 aliphatic rings. The lowest BCUT2D eigenvalue weighted by molar-refractivity contribution is -0.144. The normalized spacial score (nSPS) is 21.8. The average molecular weight is 265 g/mol. The summed E-state index contributed by atoms with van der Waals surface area (Å²) in [5.74, 6) is -0.546. The van der Waals surface area contributed by atoms with Gasteiger partial charge in [0.25, 0.3) is 0 Å². The van der Waals surface area contributed by atoms with Crippen molar-refractivity contribution in [1.29, 1.82) is 0 Å². The van der Waals surface area contributed by atoms with E-state index in [-0.39, 0.29) is 19.6 Å². The van der Waals surface area contributed by atoms with Gasteiger partial charge in [-0.05, 0) is 5.56 Å². The molecule has 19 heavy (non-hydrogen) atoms. The average Bonchev–Trinajstić information content (AvgIpc) is 2.78. The van der Waals surface area contributed by atoms with Crippen molar-refractivity contribution in [3.63, 3.8) is 0 Å². The van der Waals surface area contributed by atoms with Gasteiger partial charge in [0.05, 0.1) is 6.61 Å². The zero-order valence-corrected chi connectivity index (χ0v) is 10.2. The van der Waals surface area contributed by atoms with Crippen LogP contribution in [-0.4, -0.2) is 35.9 Å².